The molecule has 1 heterocycles. The number of nitrogens with zero attached hydrogens (tertiary/aromatic N) is 1. The fraction of sp³-hybridized carbons (Fsp3) is 0.500. The Morgan fingerprint density at radius 1 is 1.42 bits per heavy atom. The number of hydrogen-bond acceptors (Lipinski definition) is 4. The summed E-state index contributed by atoms with van der Waals surface area (Å²) in [5.41, 5.74) is 6.61. The second-order valence-electron chi connectivity index (χ2n) is 4.66. The molecule has 1 atom stereocenters. The summed E-state index contributed by atoms with van der Waals surface area (Å²) < 4.78 is 5.69. The van der Waals surface area contributed by atoms with E-state index in [1.807, 2.05) is 29.2 Å². The number of aliphatic hydroxyl groups is 1. The number of likely N-dealkylation sites (tertiary alicyclic amines) is 1. The number of hydrogen-bond donors (Lipinski definition) is 2. The summed E-state index contributed by atoms with van der Waals surface area (Å²) >= 11 is 0. The summed E-state index contributed by atoms with van der Waals surface area (Å²) in [7, 11) is 0. The molecule has 2 rings (SSSR count). The molecule has 0 radical (unpaired) electrons. The van der Waals surface area contributed by atoms with Crippen molar-refractivity contribution in [3.8, 4) is 5.75 Å². The molecule has 19 heavy (non-hydrogen) atoms. The summed E-state index contributed by atoms with van der Waals surface area (Å²) in [5, 5.41) is 9.11. The van der Waals surface area contributed by atoms with E-state index in [4.69, 9.17) is 15.6 Å². The number of rotatable bonds is 6. The number of nitrogens with two attached hydrogens (primary N) is 1. The largest absolute Gasteiger partial charge is 0.491 e. The number of amides is 1. The van der Waals surface area contributed by atoms with Crippen molar-refractivity contribution in [2.75, 3.05) is 26.3 Å². The Balaban J connectivity index is 1.90. The molecule has 3 N–H and O–H groups in total. The number of aliphatic hydroxyl groups excluding tert-OH is 1. The number of carbonyl (C=O) groups excluding carboxylic acids is 1. The molecule has 0 aromatic heterocycles. The summed E-state index contributed by atoms with van der Waals surface area (Å²) in [6, 6.07) is 6.96. The Bertz CT molecular complexity index is 436. The number of carbonyl (C=O) groups is 1. The molecule has 0 aliphatic carbocycles. The van der Waals surface area contributed by atoms with Gasteiger partial charge in [-0.25, -0.2) is 0 Å². The molecule has 5 nitrogen and oxygen atoms in total. The van der Waals surface area contributed by atoms with Crippen molar-refractivity contribution < 1.29 is 14.6 Å². The molecule has 0 bridgehead atoms. The van der Waals surface area contributed by atoms with Crippen molar-refractivity contribution in [3.05, 3.63) is 29.8 Å². The zero-order valence-corrected chi connectivity index (χ0v) is 10.9. The molecule has 0 unspecified atom stereocenters. The quantitative estimate of drug-likeness (QED) is 0.792. The molecule has 1 aliphatic heterocycles. The lowest BCUT2D eigenvalue weighted by Gasteiger charge is -2.18. The summed E-state index contributed by atoms with van der Waals surface area (Å²) in [6.45, 7) is 1.74. The van der Waals surface area contributed by atoms with Crippen LogP contribution in [0.25, 0.3) is 0 Å². The van der Waals surface area contributed by atoms with Crippen molar-refractivity contribution in [1.82, 2.24) is 4.90 Å². The van der Waals surface area contributed by atoms with E-state index in [9.17, 15) is 4.79 Å². The summed E-state index contributed by atoms with van der Waals surface area (Å²) in [5.74, 6) is 0.875. The summed E-state index contributed by atoms with van der Waals surface area (Å²) in [6.07, 6.45) is 1.58. The van der Waals surface area contributed by atoms with Gasteiger partial charge in [0.1, 0.15) is 12.4 Å². The fourth-order valence-electron chi connectivity index (χ4n) is 2.22. The van der Waals surface area contributed by atoms with E-state index in [0.717, 1.165) is 18.5 Å². The molecule has 1 fully saturated rings. The lowest BCUT2D eigenvalue weighted by molar-refractivity contribution is -0.128. The van der Waals surface area contributed by atoms with E-state index < -0.39 is 6.04 Å². The van der Waals surface area contributed by atoms with Crippen LogP contribution in [0.3, 0.4) is 0 Å². The van der Waals surface area contributed by atoms with Gasteiger partial charge in [-0.3, -0.25) is 4.79 Å². The van der Waals surface area contributed by atoms with Crippen molar-refractivity contribution in [2.24, 2.45) is 5.73 Å². The average Bonchev–Trinajstić information content (AvgIpc) is 2.84. The minimum absolute atomic E-state index is 0.120. The van der Waals surface area contributed by atoms with Gasteiger partial charge >= 0.3 is 0 Å². The van der Waals surface area contributed by atoms with E-state index in [2.05, 4.69) is 0 Å². The normalized spacial score (nSPS) is 16.7. The Morgan fingerprint density at radius 2 is 2.21 bits per heavy atom. The molecule has 104 valence electrons. The zero-order valence-electron chi connectivity index (χ0n) is 10.9. The van der Waals surface area contributed by atoms with E-state index >= 15 is 0 Å². The second kappa shape index (κ2) is 6.54. The van der Waals surface area contributed by atoms with Crippen LogP contribution in [-0.2, 0) is 4.79 Å². The Labute approximate surface area is 113 Å². The lowest BCUT2D eigenvalue weighted by atomic mass is 10.1. The predicted octanol–water partition coefficient (Wildman–Crippen LogP) is 0.680. The minimum Gasteiger partial charge on any atom is -0.491 e. The highest BCUT2D eigenvalue weighted by atomic mass is 16.5. The highest BCUT2D eigenvalue weighted by Crippen LogP contribution is 2.23. The third kappa shape index (κ3) is 3.45. The first-order valence-electron chi connectivity index (χ1n) is 6.58. The van der Waals surface area contributed by atoms with Gasteiger partial charge in [0, 0.05) is 18.5 Å². The van der Waals surface area contributed by atoms with Crippen molar-refractivity contribution in [1.29, 1.82) is 0 Å². The van der Waals surface area contributed by atoms with Crippen LogP contribution >= 0.6 is 0 Å². The van der Waals surface area contributed by atoms with Gasteiger partial charge in [-0.15, -0.1) is 0 Å². The van der Waals surface area contributed by atoms with Gasteiger partial charge in [-0.2, -0.15) is 0 Å². The molecule has 1 amide bonds. The van der Waals surface area contributed by atoms with Crippen LogP contribution in [0, 0.1) is 0 Å². The first-order chi connectivity index (χ1) is 9.22. The van der Waals surface area contributed by atoms with Gasteiger partial charge in [0.2, 0.25) is 5.91 Å². The number of benzene rings is 1. The highest BCUT2D eigenvalue weighted by molar-refractivity contribution is 5.78. The van der Waals surface area contributed by atoms with E-state index in [1.54, 1.807) is 0 Å². The molecule has 1 aliphatic rings. The molecular formula is C14H20N2O3. The van der Waals surface area contributed by atoms with Gasteiger partial charge in [0.05, 0.1) is 19.2 Å². The van der Waals surface area contributed by atoms with Crippen LogP contribution in [0.1, 0.15) is 24.4 Å². The van der Waals surface area contributed by atoms with Crippen LogP contribution < -0.4 is 10.5 Å². The van der Waals surface area contributed by atoms with Gasteiger partial charge in [0.25, 0.3) is 0 Å². The monoisotopic (exact) mass is 264 g/mol. The molecule has 0 saturated carbocycles. The Kier molecular flexibility index (Phi) is 4.76. The smallest absolute Gasteiger partial charge is 0.222 e. The minimum atomic E-state index is -0.440. The third-order valence-electron chi connectivity index (χ3n) is 3.31. The van der Waals surface area contributed by atoms with E-state index in [0.29, 0.717) is 25.3 Å². The van der Waals surface area contributed by atoms with Crippen molar-refractivity contribution >= 4 is 5.91 Å². The SMILES string of the molecule is N[C@H](CO)c1ccccc1OCCN1CCCC1=O. The van der Waals surface area contributed by atoms with Gasteiger partial charge in [-0.1, -0.05) is 18.2 Å². The van der Waals surface area contributed by atoms with Crippen LogP contribution in [0.5, 0.6) is 5.75 Å². The number of para-hydroxylation sites is 1. The fourth-order valence-corrected chi connectivity index (χ4v) is 2.22. The highest BCUT2D eigenvalue weighted by Gasteiger charge is 2.19. The molecule has 1 aromatic carbocycles. The molecule has 0 spiro atoms. The van der Waals surface area contributed by atoms with Crippen LogP contribution in [-0.4, -0.2) is 42.2 Å². The Morgan fingerprint density at radius 3 is 2.89 bits per heavy atom. The topological polar surface area (TPSA) is 75.8 Å². The standard InChI is InChI=1S/C14H20N2O3/c15-12(10-17)11-4-1-2-5-13(11)19-9-8-16-7-3-6-14(16)18/h1-2,4-5,12,17H,3,6-10,15H2/t12-/m1/s1. The first-order valence-corrected chi connectivity index (χ1v) is 6.58. The molecule has 1 aromatic rings. The second-order valence-corrected chi connectivity index (χ2v) is 4.66. The van der Waals surface area contributed by atoms with Gasteiger partial charge in [-0.05, 0) is 12.5 Å². The zero-order chi connectivity index (χ0) is 13.7. The first kappa shape index (κ1) is 13.8. The Hall–Kier alpha value is -1.59. The van der Waals surface area contributed by atoms with Gasteiger partial charge in [0.15, 0.2) is 0 Å². The van der Waals surface area contributed by atoms with Crippen LogP contribution in [0.2, 0.25) is 0 Å². The molecule has 5 heteroatoms. The van der Waals surface area contributed by atoms with E-state index in [-0.39, 0.29) is 12.5 Å². The maximum Gasteiger partial charge on any atom is 0.222 e. The van der Waals surface area contributed by atoms with E-state index in [1.165, 1.54) is 0 Å². The van der Waals surface area contributed by atoms with Crippen molar-refractivity contribution in [2.45, 2.75) is 18.9 Å². The van der Waals surface area contributed by atoms with Crippen LogP contribution in [0.15, 0.2) is 24.3 Å². The number of ether oxygens (including phenoxy) is 1. The van der Waals surface area contributed by atoms with Crippen molar-refractivity contribution in [3.63, 3.8) is 0 Å². The van der Waals surface area contributed by atoms with Crippen LogP contribution in [0.4, 0.5) is 0 Å². The average molecular weight is 264 g/mol. The third-order valence-corrected chi connectivity index (χ3v) is 3.31. The summed E-state index contributed by atoms with van der Waals surface area (Å²) in [4.78, 5) is 13.3. The van der Waals surface area contributed by atoms with Gasteiger partial charge < -0.3 is 20.5 Å². The molecule has 1 saturated heterocycles. The maximum atomic E-state index is 11.5. The maximum absolute atomic E-state index is 11.5. The lowest BCUT2D eigenvalue weighted by Crippen LogP contribution is -2.29. The predicted molar refractivity (Wildman–Crippen MR) is 71.8 cm³/mol. The molecular weight excluding hydrogens is 244 g/mol.